The van der Waals surface area contributed by atoms with E-state index in [1.54, 1.807) is 0 Å². The van der Waals surface area contributed by atoms with Crippen LogP contribution in [0.2, 0.25) is 0 Å². The Labute approximate surface area is 104 Å². The van der Waals surface area contributed by atoms with Crippen molar-refractivity contribution in [3.05, 3.63) is 0 Å². The predicted molar refractivity (Wildman–Crippen MR) is 66.9 cm³/mol. The van der Waals surface area contributed by atoms with E-state index in [4.69, 9.17) is 4.74 Å². The summed E-state index contributed by atoms with van der Waals surface area (Å²) in [7, 11) is 0. The van der Waals surface area contributed by atoms with Gasteiger partial charge in [-0.25, -0.2) is 0 Å². The lowest BCUT2D eigenvalue weighted by Crippen LogP contribution is -2.49. The van der Waals surface area contributed by atoms with Gasteiger partial charge in [-0.2, -0.15) is 0 Å². The Kier molecular flexibility index (Phi) is 4.80. The number of hydrogen-bond acceptors (Lipinski definition) is 3. The van der Waals surface area contributed by atoms with Crippen molar-refractivity contribution in [1.82, 2.24) is 9.80 Å². The number of piperazine rings is 1. The molecule has 2 aliphatic rings. The van der Waals surface area contributed by atoms with E-state index < -0.39 is 0 Å². The van der Waals surface area contributed by atoms with Gasteiger partial charge < -0.3 is 14.5 Å². The summed E-state index contributed by atoms with van der Waals surface area (Å²) in [6.45, 7) is 7.92. The molecule has 1 atom stereocenters. The molecule has 0 aromatic carbocycles. The van der Waals surface area contributed by atoms with Crippen molar-refractivity contribution in [3.63, 3.8) is 0 Å². The second kappa shape index (κ2) is 6.36. The van der Waals surface area contributed by atoms with Crippen LogP contribution in [0.4, 0.5) is 0 Å². The lowest BCUT2D eigenvalue weighted by atomic mass is 10.1. The van der Waals surface area contributed by atoms with Gasteiger partial charge in [0.15, 0.2) is 0 Å². The highest BCUT2D eigenvalue weighted by Crippen LogP contribution is 2.17. The maximum absolute atomic E-state index is 12.1. The van der Waals surface area contributed by atoms with Gasteiger partial charge >= 0.3 is 0 Å². The number of rotatable bonds is 3. The van der Waals surface area contributed by atoms with Crippen LogP contribution in [0.15, 0.2) is 0 Å². The van der Waals surface area contributed by atoms with Gasteiger partial charge in [0.05, 0.1) is 12.5 Å². The fraction of sp³-hybridized carbons (Fsp3) is 0.923. The molecule has 0 spiro atoms. The van der Waals surface area contributed by atoms with E-state index in [1.807, 2.05) is 4.90 Å². The highest BCUT2D eigenvalue weighted by Gasteiger charge is 2.24. The largest absolute Gasteiger partial charge is 0.378 e. The van der Waals surface area contributed by atoms with Crippen LogP contribution in [0, 0.1) is 0 Å². The van der Waals surface area contributed by atoms with E-state index in [0.29, 0.717) is 6.42 Å². The van der Waals surface area contributed by atoms with Crippen molar-refractivity contribution in [2.75, 3.05) is 39.3 Å². The minimum Gasteiger partial charge on any atom is -0.378 e. The molecule has 0 saturated carbocycles. The standard InChI is InChI=1S/C13H24N2O2/c1-2-14-6-8-15(9-7-14)13(16)11-12-5-3-4-10-17-12/h12H,2-11H2,1H3. The third-order valence-electron chi connectivity index (χ3n) is 3.85. The molecule has 0 aliphatic carbocycles. The molecule has 17 heavy (non-hydrogen) atoms. The van der Waals surface area contributed by atoms with Crippen LogP contribution in [0.25, 0.3) is 0 Å². The molecule has 0 aromatic rings. The van der Waals surface area contributed by atoms with Gasteiger partial charge in [-0.15, -0.1) is 0 Å². The van der Waals surface area contributed by atoms with Gasteiger partial charge in [0.25, 0.3) is 0 Å². The Morgan fingerprint density at radius 2 is 2.00 bits per heavy atom. The summed E-state index contributed by atoms with van der Waals surface area (Å²) < 4.78 is 5.62. The van der Waals surface area contributed by atoms with Crippen LogP contribution >= 0.6 is 0 Å². The summed E-state index contributed by atoms with van der Waals surface area (Å²) in [5.74, 6) is 0.285. The zero-order valence-electron chi connectivity index (χ0n) is 10.9. The molecule has 0 N–H and O–H groups in total. The number of carbonyl (C=O) groups is 1. The lowest BCUT2D eigenvalue weighted by Gasteiger charge is -2.35. The number of carbonyl (C=O) groups excluding carboxylic acids is 1. The van der Waals surface area contributed by atoms with Crippen LogP contribution in [-0.2, 0) is 9.53 Å². The first-order chi connectivity index (χ1) is 8.29. The minimum atomic E-state index is 0.181. The second-order valence-electron chi connectivity index (χ2n) is 5.01. The Bertz CT molecular complexity index is 244. The molecular weight excluding hydrogens is 216 g/mol. The van der Waals surface area contributed by atoms with E-state index in [-0.39, 0.29) is 12.0 Å². The molecule has 2 saturated heterocycles. The second-order valence-corrected chi connectivity index (χ2v) is 5.01. The maximum Gasteiger partial charge on any atom is 0.225 e. The molecule has 0 bridgehead atoms. The van der Waals surface area contributed by atoms with Gasteiger partial charge in [-0.3, -0.25) is 4.79 Å². The molecule has 2 heterocycles. The molecule has 1 unspecified atom stereocenters. The van der Waals surface area contributed by atoms with Crippen LogP contribution in [-0.4, -0.2) is 61.1 Å². The Hall–Kier alpha value is -0.610. The molecule has 2 rings (SSSR count). The number of hydrogen-bond donors (Lipinski definition) is 0. The van der Waals surface area contributed by atoms with Crippen LogP contribution < -0.4 is 0 Å². The molecule has 0 radical (unpaired) electrons. The molecule has 2 aliphatic heterocycles. The molecule has 2 fully saturated rings. The fourth-order valence-electron chi connectivity index (χ4n) is 2.61. The fourth-order valence-corrected chi connectivity index (χ4v) is 2.61. The first kappa shape index (κ1) is 12.8. The van der Waals surface area contributed by atoms with Crippen molar-refractivity contribution in [2.24, 2.45) is 0 Å². The van der Waals surface area contributed by atoms with E-state index >= 15 is 0 Å². The molecule has 4 nitrogen and oxygen atoms in total. The topological polar surface area (TPSA) is 32.8 Å². The van der Waals surface area contributed by atoms with E-state index in [0.717, 1.165) is 52.2 Å². The highest BCUT2D eigenvalue weighted by molar-refractivity contribution is 5.76. The highest BCUT2D eigenvalue weighted by atomic mass is 16.5. The molecule has 4 heteroatoms. The monoisotopic (exact) mass is 240 g/mol. The van der Waals surface area contributed by atoms with Crippen LogP contribution in [0.1, 0.15) is 32.6 Å². The Morgan fingerprint density at radius 1 is 1.24 bits per heavy atom. The quantitative estimate of drug-likeness (QED) is 0.741. The van der Waals surface area contributed by atoms with Gasteiger partial charge in [0, 0.05) is 32.8 Å². The van der Waals surface area contributed by atoms with Gasteiger partial charge in [-0.05, 0) is 25.8 Å². The predicted octanol–water partition coefficient (Wildman–Crippen LogP) is 1.11. The van der Waals surface area contributed by atoms with Crippen molar-refractivity contribution in [2.45, 2.75) is 38.7 Å². The van der Waals surface area contributed by atoms with Crippen molar-refractivity contribution >= 4 is 5.91 Å². The smallest absolute Gasteiger partial charge is 0.225 e. The zero-order valence-corrected chi connectivity index (χ0v) is 10.9. The van der Waals surface area contributed by atoms with E-state index in [2.05, 4.69) is 11.8 Å². The molecule has 1 amide bonds. The third kappa shape index (κ3) is 3.68. The Morgan fingerprint density at radius 3 is 2.59 bits per heavy atom. The molecule has 98 valence electrons. The summed E-state index contributed by atoms with van der Waals surface area (Å²) in [5.41, 5.74) is 0. The van der Waals surface area contributed by atoms with Gasteiger partial charge in [-0.1, -0.05) is 6.92 Å². The SMILES string of the molecule is CCN1CCN(C(=O)CC2CCCCO2)CC1. The van der Waals surface area contributed by atoms with E-state index in [9.17, 15) is 4.79 Å². The number of nitrogens with zero attached hydrogens (tertiary/aromatic N) is 2. The zero-order chi connectivity index (χ0) is 12.1. The molecule has 0 aromatic heterocycles. The lowest BCUT2D eigenvalue weighted by molar-refractivity contribution is -0.136. The normalized spacial score (nSPS) is 27.1. The first-order valence-corrected chi connectivity index (χ1v) is 6.91. The molecular formula is C13H24N2O2. The van der Waals surface area contributed by atoms with Crippen molar-refractivity contribution in [3.8, 4) is 0 Å². The van der Waals surface area contributed by atoms with Crippen LogP contribution in [0.3, 0.4) is 0 Å². The third-order valence-corrected chi connectivity index (χ3v) is 3.85. The van der Waals surface area contributed by atoms with Crippen LogP contribution in [0.5, 0.6) is 0 Å². The number of amides is 1. The van der Waals surface area contributed by atoms with Crippen molar-refractivity contribution < 1.29 is 9.53 Å². The number of likely N-dealkylation sites (N-methyl/N-ethyl adjacent to an activating group) is 1. The first-order valence-electron chi connectivity index (χ1n) is 6.91. The van der Waals surface area contributed by atoms with Crippen molar-refractivity contribution in [1.29, 1.82) is 0 Å². The van der Waals surface area contributed by atoms with E-state index in [1.165, 1.54) is 6.42 Å². The average Bonchev–Trinajstić information content (AvgIpc) is 2.40. The summed E-state index contributed by atoms with van der Waals surface area (Å²) >= 11 is 0. The van der Waals surface area contributed by atoms with Gasteiger partial charge in [0.2, 0.25) is 5.91 Å². The summed E-state index contributed by atoms with van der Waals surface area (Å²) in [5, 5.41) is 0. The average molecular weight is 240 g/mol. The van der Waals surface area contributed by atoms with Gasteiger partial charge in [0.1, 0.15) is 0 Å². The summed E-state index contributed by atoms with van der Waals surface area (Å²) in [6, 6.07) is 0. The summed E-state index contributed by atoms with van der Waals surface area (Å²) in [6.07, 6.45) is 4.19. The summed E-state index contributed by atoms with van der Waals surface area (Å²) in [4.78, 5) is 16.5. The minimum absolute atomic E-state index is 0.181. The number of ether oxygens (including phenoxy) is 1. The Balaban J connectivity index is 1.72. The maximum atomic E-state index is 12.1.